The van der Waals surface area contributed by atoms with Crippen molar-refractivity contribution in [3.05, 3.63) is 12.2 Å². The van der Waals surface area contributed by atoms with E-state index >= 15 is 0 Å². The summed E-state index contributed by atoms with van der Waals surface area (Å²) in [5.74, 6) is 0. The van der Waals surface area contributed by atoms with Gasteiger partial charge in [-0.2, -0.15) is 0 Å². The van der Waals surface area contributed by atoms with Gasteiger partial charge < -0.3 is 4.90 Å². The summed E-state index contributed by atoms with van der Waals surface area (Å²) in [6, 6.07) is 0.903. The number of rotatable bonds is 1. The molecule has 2 aliphatic rings. The lowest BCUT2D eigenvalue weighted by Gasteiger charge is -2.35. The van der Waals surface area contributed by atoms with E-state index < -0.39 is 0 Å². The monoisotopic (exact) mass is 229 g/mol. The summed E-state index contributed by atoms with van der Waals surface area (Å²) in [4.78, 5) is 2.75. The fourth-order valence-corrected chi connectivity index (χ4v) is 2.79. The summed E-state index contributed by atoms with van der Waals surface area (Å²) in [5, 5.41) is 0. The van der Waals surface area contributed by atoms with Crippen LogP contribution in [0.2, 0.25) is 0 Å². The van der Waals surface area contributed by atoms with Gasteiger partial charge in [-0.25, -0.2) is 0 Å². The molecule has 1 aliphatic heterocycles. The molecule has 0 saturated carbocycles. The topological polar surface area (TPSA) is 3.24 Å². The van der Waals surface area contributed by atoms with Crippen LogP contribution in [0.15, 0.2) is 12.2 Å². The van der Waals surface area contributed by atoms with Crippen molar-refractivity contribution in [2.75, 3.05) is 13.1 Å². The fraction of sp³-hybridized carbons (Fsp3) is 0.846. The molecule has 15 heavy (non-hydrogen) atoms. The van der Waals surface area contributed by atoms with Crippen LogP contribution in [0.1, 0.15) is 51.4 Å². The molecule has 1 unspecified atom stereocenters. The van der Waals surface area contributed by atoms with Crippen LogP contribution in [0.5, 0.6) is 0 Å². The zero-order chi connectivity index (χ0) is 9.64. The highest BCUT2D eigenvalue weighted by Gasteiger charge is 2.19. The Kier molecular flexibility index (Phi) is 6.35. The maximum Gasteiger partial charge on any atom is 0.00983 e. The summed E-state index contributed by atoms with van der Waals surface area (Å²) in [6.45, 7) is 2.74. The predicted molar refractivity (Wildman–Crippen MR) is 68.7 cm³/mol. The van der Waals surface area contributed by atoms with Crippen LogP contribution in [-0.2, 0) is 0 Å². The number of halogens is 1. The first kappa shape index (κ1) is 13.1. The fourth-order valence-electron chi connectivity index (χ4n) is 2.79. The number of allylic oxidation sites excluding steroid dienone is 2. The molecule has 0 aromatic rings. The van der Waals surface area contributed by atoms with Crippen LogP contribution in [0.25, 0.3) is 0 Å². The zero-order valence-corrected chi connectivity index (χ0v) is 10.5. The van der Waals surface area contributed by atoms with E-state index in [0.29, 0.717) is 0 Å². The van der Waals surface area contributed by atoms with Gasteiger partial charge in [0.2, 0.25) is 0 Å². The van der Waals surface area contributed by atoms with Crippen LogP contribution >= 0.6 is 12.4 Å². The highest BCUT2D eigenvalue weighted by atomic mass is 35.5. The van der Waals surface area contributed by atoms with Crippen molar-refractivity contribution >= 4 is 12.4 Å². The molecule has 1 atom stereocenters. The van der Waals surface area contributed by atoms with Gasteiger partial charge in [-0.3, -0.25) is 0 Å². The average molecular weight is 230 g/mol. The maximum atomic E-state index is 2.75. The van der Waals surface area contributed by atoms with E-state index in [1.54, 1.807) is 0 Å². The van der Waals surface area contributed by atoms with Gasteiger partial charge in [0.1, 0.15) is 0 Å². The molecule has 0 aromatic carbocycles. The van der Waals surface area contributed by atoms with Crippen molar-refractivity contribution in [3.63, 3.8) is 0 Å². The largest absolute Gasteiger partial charge is 0.300 e. The Bertz CT molecular complexity index is 185. The molecule has 0 spiro atoms. The van der Waals surface area contributed by atoms with Crippen molar-refractivity contribution in [2.45, 2.75) is 57.4 Å². The van der Waals surface area contributed by atoms with Crippen LogP contribution in [0, 0.1) is 0 Å². The van der Waals surface area contributed by atoms with E-state index in [1.807, 2.05) is 0 Å². The van der Waals surface area contributed by atoms with Gasteiger partial charge in [-0.05, 0) is 58.0 Å². The van der Waals surface area contributed by atoms with Crippen LogP contribution < -0.4 is 0 Å². The van der Waals surface area contributed by atoms with E-state index in [9.17, 15) is 0 Å². The van der Waals surface area contributed by atoms with Crippen molar-refractivity contribution in [2.24, 2.45) is 0 Å². The Morgan fingerprint density at radius 1 is 0.800 bits per heavy atom. The highest BCUT2D eigenvalue weighted by molar-refractivity contribution is 5.85. The smallest absolute Gasteiger partial charge is 0.00983 e. The number of hydrogen-bond donors (Lipinski definition) is 0. The molecule has 0 amide bonds. The minimum Gasteiger partial charge on any atom is -0.300 e. The summed E-state index contributed by atoms with van der Waals surface area (Å²) >= 11 is 0. The van der Waals surface area contributed by atoms with Crippen molar-refractivity contribution < 1.29 is 0 Å². The van der Waals surface area contributed by atoms with Gasteiger partial charge in [-0.1, -0.05) is 18.6 Å². The second kappa shape index (κ2) is 7.29. The third kappa shape index (κ3) is 4.16. The van der Waals surface area contributed by atoms with E-state index in [4.69, 9.17) is 0 Å². The third-order valence-electron chi connectivity index (χ3n) is 3.65. The molecule has 88 valence electrons. The van der Waals surface area contributed by atoms with Gasteiger partial charge in [-0.15, -0.1) is 12.4 Å². The van der Waals surface area contributed by atoms with E-state index in [-0.39, 0.29) is 12.4 Å². The van der Waals surface area contributed by atoms with Gasteiger partial charge >= 0.3 is 0 Å². The second-order valence-corrected chi connectivity index (χ2v) is 4.73. The van der Waals surface area contributed by atoms with Crippen LogP contribution in [0.4, 0.5) is 0 Å². The first-order chi connectivity index (χ1) is 6.97. The Labute approximate surface area is 100 Å². The molecule has 1 aliphatic carbocycles. The Morgan fingerprint density at radius 3 is 2.33 bits per heavy atom. The Hall–Kier alpha value is -0.0100. The normalized spacial score (nSPS) is 31.1. The summed E-state index contributed by atoms with van der Waals surface area (Å²) < 4.78 is 0. The standard InChI is InChI=1S/C13H23N.ClH/c1-2-5-9-13(10-6-3-1)14-11-7-4-8-12-14;/h1-2,13H,3-12H2;1H/b2-1-;. The molecular weight excluding hydrogens is 206 g/mol. The van der Waals surface area contributed by atoms with Crippen LogP contribution in [0.3, 0.4) is 0 Å². The highest BCUT2D eigenvalue weighted by Crippen LogP contribution is 2.21. The molecule has 1 saturated heterocycles. The molecule has 0 radical (unpaired) electrons. The Morgan fingerprint density at radius 2 is 1.53 bits per heavy atom. The number of piperidine rings is 1. The molecule has 1 heterocycles. The second-order valence-electron chi connectivity index (χ2n) is 4.73. The van der Waals surface area contributed by atoms with E-state index in [2.05, 4.69) is 17.1 Å². The minimum atomic E-state index is 0. The van der Waals surface area contributed by atoms with Crippen molar-refractivity contribution in [1.29, 1.82) is 0 Å². The third-order valence-corrected chi connectivity index (χ3v) is 3.65. The summed E-state index contributed by atoms with van der Waals surface area (Å²) in [6.07, 6.45) is 15.9. The van der Waals surface area contributed by atoms with Crippen molar-refractivity contribution in [3.8, 4) is 0 Å². The molecule has 2 heteroatoms. The summed E-state index contributed by atoms with van der Waals surface area (Å²) in [5.41, 5.74) is 0. The van der Waals surface area contributed by atoms with Gasteiger partial charge in [0.05, 0.1) is 0 Å². The average Bonchev–Trinajstić information content (AvgIpc) is 2.18. The first-order valence-corrected chi connectivity index (χ1v) is 6.36. The lowest BCUT2D eigenvalue weighted by atomic mass is 9.97. The van der Waals surface area contributed by atoms with Crippen molar-refractivity contribution in [1.82, 2.24) is 4.90 Å². The first-order valence-electron chi connectivity index (χ1n) is 6.36. The van der Waals surface area contributed by atoms with Gasteiger partial charge in [0.15, 0.2) is 0 Å². The maximum absolute atomic E-state index is 2.75. The molecule has 1 fully saturated rings. The van der Waals surface area contributed by atoms with E-state index in [1.165, 1.54) is 64.5 Å². The predicted octanol–water partition coefficient (Wildman–Crippen LogP) is 3.78. The summed E-state index contributed by atoms with van der Waals surface area (Å²) in [7, 11) is 0. The molecule has 0 bridgehead atoms. The van der Waals surface area contributed by atoms with E-state index in [0.717, 1.165) is 6.04 Å². The lowest BCUT2D eigenvalue weighted by molar-refractivity contribution is 0.146. The molecule has 0 N–H and O–H groups in total. The quantitative estimate of drug-likeness (QED) is 0.619. The molecule has 0 aromatic heterocycles. The number of likely N-dealkylation sites (tertiary alicyclic amines) is 1. The van der Waals surface area contributed by atoms with Gasteiger partial charge in [0.25, 0.3) is 0 Å². The number of hydrogen-bond acceptors (Lipinski definition) is 1. The molecular formula is C13H24ClN. The minimum absolute atomic E-state index is 0. The lowest BCUT2D eigenvalue weighted by Crippen LogP contribution is -2.39. The molecule has 1 nitrogen and oxygen atoms in total. The number of nitrogens with zero attached hydrogens (tertiary/aromatic N) is 1. The van der Waals surface area contributed by atoms with Crippen LogP contribution in [-0.4, -0.2) is 24.0 Å². The zero-order valence-electron chi connectivity index (χ0n) is 9.66. The Balaban J connectivity index is 0.00000112. The molecule has 2 rings (SSSR count). The van der Waals surface area contributed by atoms with Gasteiger partial charge in [0, 0.05) is 6.04 Å². The SMILES string of the molecule is C1=C\CCC(N2CCCCC2)CCC/1.Cl.